The predicted octanol–water partition coefficient (Wildman–Crippen LogP) is 1.55. The maximum Gasteiger partial charge on any atom is 0.251 e. The van der Waals surface area contributed by atoms with E-state index in [1.165, 1.54) is 4.90 Å². The van der Waals surface area contributed by atoms with E-state index in [2.05, 4.69) is 10.3 Å². The van der Waals surface area contributed by atoms with Crippen molar-refractivity contribution in [1.29, 1.82) is 0 Å². The number of nitrogens with zero attached hydrogens (tertiary/aromatic N) is 2. The monoisotopic (exact) mass is 295 g/mol. The summed E-state index contributed by atoms with van der Waals surface area (Å²) in [5, 5.41) is 3.18. The van der Waals surface area contributed by atoms with Crippen molar-refractivity contribution in [3.63, 3.8) is 0 Å². The van der Waals surface area contributed by atoms with Crippen LogP contribution in [0.25, 0.3) is 0 Å². The zero-order valence-corrected chi connectivity index (χ0v) is 12.1. The number of para-hydroxylation sites is 1. The fourth-order valence-corrected chi connectivity index (χ4v) is 2.58. The number of nitrogens with one attached hydrogen (secondary N) is 1. The second kappa shape index (κ2) is 6.49. The van der Waals surface area contributed by atoms with Crippen LogP contribution in [0.15, 0.2) is 54.9 Å². The zero-order chi connectivity index (χ0) is 15.4. The number of anilines is 1. The third-order valence-electron chi connectivity index (χ3n) is 3.71. The van der Waals surface area contributed by atoms with Gasteiger partial charge in [0.05, 0.1) is 18.2 Å². The molecule has 2 amide bonds. The van der Waals surface area contributed by atoms with E-state index in [9.17, 15) is 9.59 Å². The Bertz CT molecular complexity index is 658. The van der Waals surface area contributed by atoms with Crippen LogP contribution in [0, 0.1) is 0 Å². The number of pyridine rings is 1. The van der Waals surface area contributed by atoms with Gasteiger partial charge >= 0.3 is 0 Å². The number of benzene rings is 1. The van der Waals surface area contributed by atoms with Crippen LogP contribution in [-0.2, 0) is 16.0 Å². The second-order valence-corrected chi connectivity index (χ2v) is 5.22. The molecule has 1 unspecified atom stereocenters. The minimum absolute atomic E-state index is 0.155. The van der Waals surface area contributed by atoms with E-state index in [4.69, 9.17) is 0 Å². The largest absolute Gasteiger partial charge is 0.305 e. The lowest BCUT2D eigenvalue weighted by atomic mass is 10.2. The van der Waals surface area contributed by atoms with Crippen LogP contribution in [0.2, 0.25) is 0 Å². The van der Waals surface area contributed by atoms with E-state index in [-0.39, 0.29) is 18.2 Å². The third kappa shape index (κ3) is 3.04. The molecule has 1 N–H and O–H groups in total. The summed E-state index contributed by atoms with van der Waals surface area (Å²) in [6.07, 6.45) is 4.50. The molecule has 0 aliphatic carbocycles. The Morgan fingerprint density at radius 2 is 1.82 bits per heavy atom. The Morgan fingerprint density at radius 1 is 1.09 bits per heavy atom. The number of amides is 2. The third-order valence-corrected chi connectivity index (χ3v) is 3.71. The Kier molecular flexibility index (Phi) is 4.25. The standard InChI is InChI=1S/C17H17N3O2/c21-16-12-15(19-11-8-13-6-9-18-10-7-13)17(22)20(16)14-4-2-1-3-5-14/h1-7,9-10,15,19H,8,11-12H2. The van der Waals surface area contributed by atoms with Crippen molar-refractivity contribution >= 4 is 17.5 Å². The van der Waals surface area contributed by atoms with Gasteiger partial charge in [0.15, 0.2) is 0 Å². The van der Waals surface area contributed by atoms with Crippen LogP contribution >= 0.6 is 0 Å². The highest BCUT2D eigenvalue weighted by Gasteiger charge is 2.38. The highest BCUT2D eigenvalue weighted by molar-refractivity contribution is 6.22. The molecular weight excluding hydrogens is 278 g/mol. The minimum Gasteiger partial charge on any atom is -0.305 e. The molecule has 22 heavy (non-hydrogen) atoms. The first-order valence-electron chi connectivity index (χ1n) is 7.30. The first-order valence-corrected chi connectivity index (χ1v) is 7.30. The van der Waals surface area contributed by atoms with Crippen molar-refractivity contribution in [3.8, 4) is 0 Å². The van der Waals surface area contributed by atoms with Crippen LogP contribution in [0.1, 0.15) is 12.0 Å². The van der Waals surface area contributed by atoms with Crippen molar-refractivity contribution in [2.24, 2.45) is 0 Å². The first kappa shape index (κ1) is 14.4. The van der Waals surface area contributed by atoms with Crippen molar-refractivity contribution in [2.45, 2.75) is 18.9 Å². The number of imide groups is 1. The SMILES string of the molecule is O=C1CC(NCCc2ccncc2)C(=O)N1c1ccccc1. The molecule has 1 atom stereocenters. The molecule has 2 heterocycles. The summed E-state index contributed by atoms with van der Waals surface area (Å²) in [5.74, 6) is -0.330. The molecule has 112 valence electrons. The van der Waals surface area contributed by atoms with Gasteiger partial charge in [-0.25, -0.2) is 4.90 Å². The Morgan fingerprint density at radius 3 is 2.55 bits per heavy atom. The summed E-state index contributed by atoms with van der Waals surface area (Å²) >= 11 is 0. The summed E-state index contributed by atoms with van der Waals surface area (Å²) in [5.41, 5.74) is 1.79. The number of hydrogen-bond acceptors (Lipinski definition) is 4. The number of carbonyl (C=O) groups excluding carboxylic acids is 2. The maximum atomic E-state index is 12.4. The van der Waals surface area contributed by atoms with Gasteiger partial charge in [0, 0.05) is 12.4 Å². The van der Waals surface area contributed by atoms with Gasteiger partial charge in [-0.15, -0.1) is 0 Å². The van der Waals surface area contributed by atoms with Crippen molar-refractivity contribution in [2.75, 3.05) is 11.4 Å². The Hall–Kier alpha value is -2.53. The molecule has 3 rings (SSSR count). The average Bonchev–Trinajstić information content (AvgIpc) is 2.83. The highest BCUT2D eigenvalue weighted by atomic mass is 16.2. The van der Waals surface area contributed by atoms with Crippen LogP contribution in [0.4, 0.5) is 5.69 Å². The summed E-state index contributed by atoms with van der Waals surface area (Å²) in [4.78, 5) is 29.7. The van der Waals surface area contributed by atoms with E-state index in [1.54, 1.807) is 24.5 Å². The molecule has 0 spiro atoms. The van der Waals surface area contributed by atoms with Gasteiger partial charge in [0.25, 0.3) is 5.91 Å². The topological polar surface area (TPSA) is 62.3 Å². The summed E-state index contributed by atoms with van der Waals surface area (Å²) in [6, 6.07) is 12.5. The summed E-state index contributed by atoms with van der Waals surface area (Å²) < 4.78 is 0. The molecule has 5 nitrogen and oxygen atoms in total. The van der Waals surface area contributed by atoms with Crippen molar-refractivity contribution in [1.82, 2.24) is 10.3 Å². The van der Waals surface area contributed by atoms with Crippen LogP contribution < -0.4 is 10.2 Å². The minimum atomic E-state index is -0.436. The summed E-state index contributed by atoms with van der Waals surface area (Å²) in [6.45, 7) is 0.649. The lowest BCUT2D eigenvalue weighted by Crippen LogP contribution is -2.39. The molecule has 1 aromatic heterocycles. The molecule has 1 fully saturated rings. The van der Waals surface area contributed by atoms with E-state index < -0.39 is 6.04 Å². The molecule has 0 bridgehead atoms. The van der Waals surface area contributed by atoms with Gasteiger partial charge in [-0.1, -0.05) is 18.2 Å². The smallest absolute Gasteiger partial charge is 0.251 e. The van der Waals surface area contributed by atoms with E-state index in [0.717, 1.165) is 12.0 Å². The highest BCUT2D eigenvalue weighted by Crippen LogP contribution is 2.22. The second-order valence-electron chi connectivity index (χ2n) is 5.22. The lowest BCUT2D eigenvalue weighted by molar-refractivity contribution is -0.121. The molecule has 1 aliphatic rings. The fraction of sp³-hybridized carbons (Fsp3) is 0.235. The molecule has 0 radical (unpaired) electrons. The van der Waals surface area contributed by atoms with E-state index >= 15 is 0 Å². The maximum absolute atomic E-state index is 12.4. The fourth-order valence-electron chi connectivity index (χ4n) is 2.58. The number of carbonyl (C=O) groups is 2. The van der Waals surface area contributed by atoms with Gasteiger partial charge < -0.3 is 5.32 Å². The number of aromatic nitrogens is 1. The molecule has 2 aromatic rings. The number of hydrogen-bond donors (Lipinski definition) is 1. The van der Waals surface area contributed by atoms with Gasteiger partial charge in [0.2, 0.25) is 5.91 Å². The van der Waals surface area contributed by atoms with Gasteiger partial charge in [-0.05, 0) is 42.8 Å². The van der Waals surface area contributed by atoms with E-state index in [0.29, 0.717) is 12.2 Å². The zero-order valence-electron chi connectivity index (χ0n) is 12.1. The summed E-state index contributed by atoms with van der Waals surface area (Å²) in [7, 11) is 0. The van der Waals surface area contributed by atoms with Gasteiger partial charge in [-0.2, -0.15) is 0 Å². The predicted molar refractivity (Wildman–Crippen MR) is 83.3 cm³/mol. The molecule has 1 aliphatic heterocycles. The molecule has 1 aromatic carbocycles. The Labute approximate surface area is 129 Å². The molecule has 0 saturated carbocycles. The van der Waals surface area contributed by atoms with Crippen LogP contribution in [-0.4, -0.2) is 29.4 Å². The number of rotatable bonds is 5. The quantitative estimate of drug-likeness (QED) is 0.850. The van der Waals surface area contributed by atoms with Crippen LogP contribution in [0.5, 0.6) is 0 Å². The van der Waals surface area contributed by atoms with Crippen LogP contribution in [0.3, 0.4) is 0 Å². The normalized spacial score (nSPS) is 18.0. The molecule has 1 saturated heterocycles. The molecular formula is C17H17N3O2. The lowest BCUT2D eigenvalue weighted by Gasteiger charge is -2.15. The first-order chi connectivity index (χ1) is 10.8. The van der Waals surface area contributed by atoms with E-state index in [1.807, 2.05) is 30.3 Å². The Balaban J connectivity index is 1.60. The van der Waals surface area contributed by atoms with Gasteiger partial charge in [-0.3, -0.25) is 14.6 Å². The van der Waals surface area contributed by atoms with Crippen molar-refractivity contribution < 1.29 is 9.59 Å². The van der Waals surface area contributed by atoms with Crippen molar-refractivity contribution in [3.05, 3.63) is 60.4 Å². The van der Waals surface area contributed by atoms with Gasteiger partial charge in [0.1, 0.15) is 0 Å². The average molecular weight is 295 g/mol. The molecule has 5 heteroatoms.